The molecule has 5 nitrogen and oxygen atoms in total. The summed E-state index contributed by atoms with van der Waals surface area (Å²) in [5.74, 6) is -0.0970. The molecular weight excluding hydrogens is 374 g/mol. The van der Waals surface area contributed by atoms with Gasteiger partial charge in [0.15, 0.2) is 0 Å². The lowest BCUT2D eigenvalue weighted by Crippen LogP contribution is -2.31. The van der Waals surface area contributed by atoms with Gasteiger partial charge in [-0.1, -0.05) is 60.7 Å². The molecule has 1 atom stereocenters. The molecule has 5 heteroatoms. The molecule has 0 radical (unpaired) electrons. The van der Waals surface area contributed by atoms with Crippen molar-refractivity contribution in [2.75, 3.05) is 13.2 Å². The van der Waals surface area contributed by atoms with Gasteiger partial charge in [-0.2, -0.15) is 5.10 Å². The number of hydrogen-bond acceptors (Lipinski definition) is 3. The van der Waals surface area contributed by atoms with Gasteiger partial charge in [0.2, 0.25) is 0 Å². The third kappa shape index (κ3) is 3.84. The van der Waals surface area contributed by atoms with Crippen LogP contribution >= 0.6 is 0 Å². The van der Waals surface area contributed by atoms with E-state index in [9.17, 15) is 4.79 Å². The Morgan fingerprint density at radius 2 is 1.83 bits per heavy atom. The number of fused-ring (bicyclic) bond motifs is 2. The molecule has 5 rings (SSSR count). The zero-order valence-electron chi connectivity index (χ0n) is 16.6. The van der Waals surface area contributed by atoms with E-state index >= 15 is 0 Å². The lowest BCUT2D eigenvalue weighted by Gasteiger charge is -2.22. The molecule has 0 spiro atoms. The van der Waals surface area contributed by atoms with Crippen LogP contribution < -0.4 is 5.32 Å². The van der Waals surface area contributed by atoms with E-state index in [4.69, 9.17) is 9.84 Å². The van der Waals surface area contributed by atoms with Gasteiger partial charge < -0.3 is 10.1 Å². The van der Waals surface area contributed by atoms with Crippen molar-refractivity contribution in [3.05, 3.63) is 101 Å². The summed E-state index contributed by atoms with van der Waals surface area (Å²) < 4.78 is 7.90. The second kappa shape index (κ2) is 8.13. The summed E-state index contributed by atoms with van der Waals surface area (Å²) in [6, 6.07) is 24.1. The predicted octanol–water partition coefficient (Wildman–Crippen LogP) is 4.13. The second-order valence-electron chi connectivity index (χ2n) is 7.60. The van der Waals surface area contributed by atoms with Crippen LogP contribution in [0.5, 0.6) is 0 Å². The van der Waals surface area contributed by atoms with E-state index < -0.39 is 0 Å². The summed E-state index contributed by atoms with van der Waals surface area (Å²) >= 11 is 0. The van der Waals surface area contributed by atoms with Crippen molar-refractivity contribution in [2.24, 2.45) is 0 Å². The number of hydrogen-bond donors (Lipinski definition) is 1. The third-order valence-electron chi connectivity index (χ3n) is 5.51. The van der Waals surface area contributed by atoms with E-state index in [1.807, 2.05) is 65.3 Å². The SMILES string of the molecule is O=C(NC[C@@H]1OCCc2cn(Cc3ccccc3)nc21)c1ccc2ccccc2c1. The molecule has 2 heterocycles. The Kier molecular flexibility index (Phi) is 5.03. The van der Waals surface area contributed by atoms with Gasteiger partial charge in [0.05, 0.1) is 18.8 Å². The minimum absolute atomic E-state index is 0.0970. The average Bonchev–Trinajstić information content (AvgIpc) is 3.20. The maximum absolute atomic E-state index is 12.7. The Hall–Kier alpha value is -3.44. The molecule has 1 amide bonds. The largest absolute Gasteiger partial charge is 0.370 e. The highest BCUT2D eigenvalue weighted by Crippen LogP contribution is 2.25. The number of benzene rings is 3. The van der Waals surface area contributed by atoms with Gasteiger partial charge in [-0.25, -0.2) is 0 Å². The number of aromatic nitrogens is 2. The maximum atomic E-state index is 12.7. The quantitative estimate of drug-likeness (QED) is 0.551. The van der Waals surface area contributed by atoms with E-state index in [-0.39, 0.29) is 12.0 Å². The van der Waals surface area contributed by atoms with E-state index in [2.05, 4.69) is 23.6 Å². The molecular formula is C25H23N3O2. The van der Waals surface area contributed by atoms with Crippen LogP contribution in [0.25, 0.3) is 10.8 Å². The summed E-state index contributed by atoms with van der Waals surface area (Å²) in [7, 11) is 0. The highest BCUT2D eigenvalue weighted by atomic mass is 16.5. The van der Waals surface area contributed by atoms with Crippen LogP contribution in [0, 0.1) is 0 Å². The topological polar surface area (TPSA) is 56.1 Å². The molecule has 0 bridgehead atoms. The predicted molar refractivity (Wildman–Crippen MR) is 116 cm³/mol. The second-order valence-corrected chi connectivity index (χ2v) is 7.60. The molecule has 0 saturated heterocycles. The number of amides is 1. The molecule has 3 aromatic carbocycles. The molecule has 0 aliphatic carbocycles. The molecule has 1 aliphatic rings. The van der Waals surface area contributed by atoms with E-state index in [1.54, 1.807) is 0 Å². The fourth-order valence-electron chi connectivity index (χ4n) is 3.96. The van der Waals surface area contributed by atoms with E-state index in [0.29, 0.717) is 18.7 Å². The highest BCUT2D eigenvalue weighted by Gasteiger charge is 2.25. The van der Waals surface area contributed by atoms with Crippen molar-refractivity contribution in [3.8, 4) is 0 Å². The zero-order valence-corrected chi connectivity index (χ0v) is 16.6. The monoisotopic (exact) mass is 397 g/mol. The number of ether oxygens (including phenoxy) is 1. The van der Waals surface area contributed by atoms with Gasteiger partial charge in [0, 0.05) is 18.3 Å². The lowest BCUT2D eigenvalue weighted by atomic mass is 10.1. The van der Waals surface area contributed by atoms with Crippen LogP contribution in [0.1, 0.15) is 33.3 Å². The smallest absolute Gasteiger partial charge is 0.251 e. The van der Waals surface area contributed by atoms with E-state index in [0.717, 1.165) is 29.4 Å². The van der Waals surface area contributed by atoms with Crippen LogP contribution in [-0.4, -0.2) is 28.8 Å². The Morgan fingerprint density at radius 1 is 1.03 bits per heavy atom. The minimum Gasteiger partial charge on any atom is -0.370 e. The zero-order chi connectivity index (χ0) is 20.3. The maximum Gasteiger partial charge on any atom is 0.251 e. The van der Waals surface area contributed by atoms with Gasteiger partial charge in [0.1, 0.15) is 6.10 Å². The van der Waals surface area contributed by atoms with Crippen LogP contribution in [0.15, 0.2) is 79.0 Å². The third-order valence-corrected chi connectivity index (χ3v) is 5.51. The van der Waals surface area contributed by atoms with Crippen molar-refractivity contribution in [3.63, 3.8) is 0 Å². The van der Waals surface area contributed by atoms with Gasteiger partial charge >= 0.3 is 0 Å². The standard InChI is InChI=1S/C25H23N3O2/c29-25(21-11-10-19-8-4-5-9-20(19)14-21)26-15-23-24-22(12-13-30-23)17-28(27-24)16-18-6-2-1-3-7-18/h1-11,14,17,23H,12-13,15-16H2,(H,26,29)/t23-/m0/s1. The highest BCUT2D eigenvalue weighted by molar-refractivity contribution is 5.98. The summed E-state index contributed by atoms with van der Waals surface area (Å²) in [5, 5.41) is 9.96. The number of nitrogens with zero attached hydrogens (tertiary/aromatic N) is 2. The molecule has 1 N–H and O–H groups in total. The van der Waals surface area contributed by atoms with Crippen molar-refractivity contribution in [2.45, 2.75) is 19.1 Å². The summed E-state index contributed by atoms with van der Waals surface area (Å²) in [6.07, 6.45) is 2.72. The number of rotatable bonds is 5. The molecule has 0 unspecified atom stereocenters. The van der Waals surface area contributed by atoms with Crippen LogP contribution in [0.3, 0.4) is 0 Å². The molecule has 150 valence electrons. The molecule has 0 fully saturated rings. The Balaban J connectivity index is 1.28. The number of nitrogens with one attached hydrogen (secondary N) is 1. The lowest BCUT2D eigenvalue weighted by molar-refractivity contribution is 0.0383. The first kappa shape index (κ1) is 18.6. The molecule has 0 saturated carbocycles. The van der Waals surface area contributed by atoms with Crippen molar-refractivity contribution in [1.82, 2.24) is 15.1 Å². The summed E-state index contributed by atoms with van der Waals surface area (Å²) in [4.78, 5) is 12.7. The first-order valence-electron chi connectivity index (χ1n) is 10.2. The fourth-order valence-corrected chi connectivity index (χ4v) is 3.96. The molecule has 1 aliphatic heterocycles. The normalized spacial score (nSPS) is 15.7. The Morgan fingerprint density at radius 3 is 2.70 bits per heavy atom. The van der Waals surface area contributed by atoms with Gasteiger partial charge in [-0.15, -0.1) is 0 Å². The molecule has 1 aromatic heterocycles. The number of carbonyl (C=O) groups excluding carboxylic acids is 1. The molecule has 4 aromatic rings. The Labute approximate surface area is 175 Å². The van der Waals surface area contributed by atoms with Crippen molar-refractivity contribution >= 4 is 16.7 Å². The average molecular weight is 397 g/mol. The summed E-state index contributed by atoms with van der Waals surface area (Å²) in [6.45, 7) is 1.77. The van der Waals surface area contributed by atoms with Crippen LogP contribution in [-0.2, 0) is 17.7 Å². The van der Waals surface area contributed by atoms with Crippen LogP contribution in [0.4, 0.5) is 0 Å². The van der Waals surface area contributed by atoms with Gasteiger partial charge in [-0.3, -0.25) is 9.48 Å². The van der Waals surface area contributed by atoms with E-state index in [1.165, 1.54) is 11.1 Å². The minimum atomic E-state index is -0.227. The molecule has 30 heavy (non-hydrogen) atoms. The summed E-state index contributed by atoms with van der Waals surface area (Å²) in [5.41, 5.74) is 3.98. The van der Waals surface area contributed by atoms with Crippen molar-refractivity contribution in [1.29, 1.82) is 0 Å². The first-order valence-corrected chi connectivity index (χ1v) is 10.2. The number of carbonyl (C=O) groups is 1. The fraction of sp³-hybridized carbons (Fsp3) is 0.200. The van der Waals surface area contributed by atoms with Crippen LogP contribution in [0.2, 0.25) is 0 Å². The van der Waals surface area contributed by atoms with Crippen molar-refractivity contribution < 1.29 is 9.53 Å². The van der Waals surface area contributed by atoms with Gasteiger partial charge in [0.25, 0.3) is 5.91 Å². The first-order chi connectivity index (χ1) is 14.8. The van der Waals surface area contributed by atoms with Gasteiger partial charge in [-0.05, 0) is 40.5 Å². The Bertz CT molecular complexity index is 1180.